The number of para-hydroxylation sites is 1. The highest BCUT2D eigenvalue weighted by atomic mass is 79.9. The molecule has 0 spiro atoms. The number of hydrogen-bond donors (Lipinski definition) is 1. The fourth-order valence-corrected chi connectivity index (χ4v) is 2.39. The molecule has 2 rings (SSSR count). The van der Waals surface area contributed by atoms with Crippen LogP contribution in [0.25, 0.3) is 0 Å². The molecule has 2 nitrogen and oxygen atoms in total. The molecule has 0 saturated carbocycles. The SMILES string of the molecule is Cc1cccc(C(C)C)c1NC(=O)c1ccc(Br)cc1. The van der Waals surface area contributed by atoms with E-state index in [0.717, 1.165) is 21.3 Å². The van der Waals surface area contributed by atoms with E-state index in [1.807, 2.05) is 43.3 Å². The molecule has 0 fully saturated rings. The Labute approximate surface area is 128 Å². The number of nitrogens with one attached hydrogen (secondary N) is 1. The van der Waals surface area contributed by atoms with Crippen molar-refractivity contribution in [2.75, 3.05) is 5.32 Å². The Morgan fingerprint density at radius 2 is 1.75 bits per heavy atom. The largest absolute Gasteiger partial charge is 0.321 e. The van der Waals surface area contributed by atoms with Gasteiger partial charge in [-0.25, -0.2) is 0 Å². The zero-order chi connectivity index (χ0) is 14.7. The molecule has 0 aromatic heterocycles. The average Bonchev–Trinajstić information content (AvgIpc) is 2.41. The molecule has 0 atom stereocenters. The predicted molar refractivity (Wildman–Crippen MR) is 87.4 cm³/mol. The summed E-state index contributed by atoms with van der Waals surface area (Å²) in [6.07, 6.45) is 0. The molecule has 1 N–H and O–H groups in total. The van der Waals surface area contributed by atoms with Crippen molar-refractivity contribution in [1.82, 2.24) is 0 Å². The third kappa shape index (κ3) is 3.28. The third-order valence-corrected chi connectivity index (χ3v) is 3.80. The summed E-state index contributed by atoms with van der Waals surface area (Å²) in [6, 6.07) is 13.5. The number of carbonyl (C=O) groups excluding carboxylic acids is 1. The number of amides is 1. The predicted octanol–water partition coefficient (Wildman–Crippen LogP) is 5.13. The van der Waals surface area contributed by atoms with Crippen LogP contribution in [0.5, 0.6) is 0 Å². The number of halogens is 1. The molecule has 0 saturated heterocycles. The van der Waals surface area contributed by atoms with Crippen LogP contribution in [-0.2, 0) is 0 Å². The van der Waals surface area contributed by atoms with Crippen LogP contribution >= 0.6 is 15.9 Å². The van der Waals surface area contributed by atoms with Crippen LogP contribution in [0.2, 0.25) is 0 Å². The summed E-state index contributed by atoms with van der Waals surface area (Å²) in [7, 11) is 0. The fraction of sp³-hybridized carbons (Fsp3) is 0.235. The summed E-state index contributed by atoms with van der Waals surface area (Å²) in [5, 5.41) is 3.04. The molecule has 0 aliphatic rings. The lowest BCUT2D eigenvalue weighted by Crippen LogP contribution is -2.14. The first-order chi connectivity index (χ1) is 9.49. The van der Waals surface area contributed by atoms with E-state index in [4.69, 9.17) is 0 Å². The van der Waals surface area contributed by atoms with Crippen LogP contribution < -0.4 is 5.32 Å². The molecule has 0 aliphatic carbocycles. The fourth-order valence-electron chi connectivity index (χ4n) is 2.13. The molecular formula is C17H18BrNO. The van der Waals surface area contributed by atoms with E-state index in [1.54, 1.807) is 0 Å². The van der Waals surface area contributed by atoms with Crippen LogP contribution in [0.1, 0.15) is 41.3 Å². The van der Waals surface area contributed by atoms with Gasteiger partial charge in [-0.1, -0.05) is 48.0 Å². The van der Waals surface area contributed by atoms with Gasteiger partial charge in [-0.05, 0) is 48.2 Å². The average molecular weight is 332 g/mol. The molecule has 2 aromatic carbocycles. The number of rotatable bonds is 3. The van der Waals surface area contributed by atoms with Gasteiger partial charge in [0.25, 0.3) is 5.91 Å². The number of anilines is 1. The van der Waals surface area contributed by atoms with Crippen molar-refractivity contribution in [2.24, 2.45) is 0 Å². The number of carbonyl (C=O) groups is 1. The Balaban J connectivity index is 2.30. The molecule has 3 heteroatoms. The summed E-state index contributed by atoms with van der Waals surface area (Å²) in [4.78, 5) is 12.3. The van der Waals surface area contributed by atoms with E-state index >= 15 is 0 Å². The Morgan fingerprint density at radius 3 is 2.35 bits per heavy atom. The number of benzene rings is 2. The van der Waals surface area contributed by atoms with Gasteiger partial charge in [-0.15, -0.1) is 0 Å². The summed E-state index contributed by atoms with van der Waals surface area (Å²) >= 11 is 3.37. The van der Waals surface area contributed by atoms with Gasteiger partial charge in [-0.3, -0.25) is 4.79 Å². The molecule has 0 bridgehead atoms. The van der Waals surface area contributed by atoms with Gasteiger partial charge in [-0.2, -0.15) is 0 Å². The summed E-state index contributed by atoms with van der Waals surface area (Å²) in [5.41, 5.74) is 3.83. The Bertz CT molecular complexity index is 617. The van der Waals surface area contributed by atoms with Crippen LogP contribution in [0.15, 0.2) is 46.9 Å². The third-order valence-electron chi connectivity index (χ3n) is 3.27. The van der Waals surface area contributed by atoms with Gasteiger partial charge in [0.2, 0.25) is 0 Å². The van der Waals surface area contributed by atoms with E-state index in [-0.39, 0.29) is 5.91 Å². The lowest BCUT2D eigenvalue weighted by molar-refractivity contribution is 0.102. The molecule has 2 aromatic rings. The first kappa shape index (κ1) is 14.8. The van der Waals surface area contributed by atoms with Gasteiger partial charge < -0.3 is 5.32 Å². The molecule has 1 amide bonds. The molecule has 0 aliphatic heterocycles. The second-order valence-corrected chi connectivity index (χ2v) is 6.07. The minimum atomic E-state index is -0.0753. The minimum Gasteiger partial charge on any atom is -0.321 e. The highest BCUT2D eigenvalue weighted by molar-refractivity contribution is 9.10. The topological polar surface area (TPSA) is 29.1 Å². The lowest BCUT2D eigenvalue weighted by atomic mass is 9.98. The van der Waals surface area contributed by atoms with Gasteiger partial charge in [0.05, 0.1) is 0 Å². The van der Waals surface area contributed by atoms with Gasteiger partial charge >= 0.3 is 0 Å². The first-order valence-electron chi connectivity index (χ1n) is 6.65. The second-order valence-electron chi connectivity index (χ2n) is 5.15. The van der Waals surface area contributed by atoms with E-state index in [1.165, 1.54) is 0 Å². The minimum absolute atomic E-state index is 0.0753. The molecule has 0 radical (unpaired) electrons. The van der Waals surface area contributed by atoms with E-state index in [0.29, 0.717) is 11.5 Å². The first-order valence-corrected chi connectivity index (χ1v) is 7.44. The van der Waals surface area contributed by atoms with Gasteiger partial charge in [0, 0.05) is 15.7 Å². The summed E-state index contributed by atoms with van der Waals surface area (Å²) < 4.78 is 0.966. The lowest BCUT2D eigenvalue weighted by Gasteiger charge is -2.16. The molecule has 0 heterocycles. The Morgan fingerprint density at radius 1 is 1.10 bits per heavy atom. The van der Waals surface area contributed by atoms with Crippen molar-refractivity contribution >= 4 is 27.5 Å². The van der Waals surface area contributed by atoms with Gasteiger partial charge in [0.15, 0.2) is 0 Å². The van der Waals surface area contributed by atoms with Crippen molar-refractivity contribution in [3.05, 3.63) is 63.6 Å². The van der Waals surface area contributed by atoms with E-state index < -0.39 is 0 Å². The maximum atomic E-state index is 12.3. The quantitative estimate of drug-likeness (QED) is 0.829. The highest BCUT2D eigenvalue weighted by Crippen LogP contribution is 2.27. The van der Waals surface area contributed by atoms with Crippen molar-refractivity contribution in [1.29, 1.82) is 0 Å². The normalized spacial score (nSPS) is 10.7. The zero-order valence-corrected chi connectivity index (χ0v) is 13.5. The molecule has 104 valence electrons. The van der Waals surface area contributed by atoms with Gasteiger partial charge in [0.1, 0.15) is 0 Å². The van der Waals surface area contributed by atoms with Crippen molar-refractivity contribution < 1.29 is 4.79 Å². The highest BCUT2D eigenvalue weighted by Gasteiger charge is 2.13. The number of hydrogen-bond acceptors (Lipinski definition) is 1. The van der Waals surface area contributed by atoms with Crippen LogP contribution in [-0.4, -0.2) is 5.91 Å². The van der Waals surface area contributed by atoms with E-state index in [2.05, 4.69) is 41.2 Å². The van der Waals surface area contributed by atoms with E-state index in [9.17, 15) is 4.79 Å². The second kappa shape index (κ2) is 6.23. The van der Waals surface area contributed by atoms with Crippen molar-refractivity contribution in [3.63, 3.8) is 0 Å². The summed E-state index contributed by atoms with van der Waals surface area (Å²) in [5.74, 6) is 0.295. The molecule has 20 heavy (non-hydrogen) atoms. The monoisotopic (exact) mass is 331 g/mol. The maximum Gasteiger partial charge on any atom is 0.255 e. The number of aryl methyl sites for hydroxylation is 1. The molecular weight excluding hydrogens is 314 g/mol. The zero-order valence-electron chi connectivity index (χ0n) is 11.9. The van der Waals surface area contributed by atoms with Crippen LogP contribution in [0.3, 0.4) is 0 Å². The van der Waals surface area contributed by atoms with Crippen molar-refractivity contribution in [2.45, 2.75) is 26.7 Å². The van der Waals surface area contributed by atoms with Crippen LogP contribution in [0.4, 0.5) is 5.69 Å². The maximum absolute atomic E-state index is 12.3. The Kier molecular flexibility index (Phi) is 4.61. The standard InChI is InChI=1S/C17H18BrNO/c1-11(2)15-6-4-5-12(3)16(15)19-17(20)13-7-9-14(18)10-8-13/h4-11H,1-3H3,(H,19,20). The summed E-state index contributed by atoms with van der Waals surface area (Å²) in [6.45, 7) is 6.27. The molecule has 0 unspecified atom stereocenters. The van der Waals surface area contributed by atoms with Crippen LogP contribution in [0, 0.1) is 6.92 Å². The smallest absolute Gasteiger partial charge is 0.255 e. The Hall–Kier alpha value is -1.61. The van der Waals surface area contributed by atoms with Crippen molar-refractivity contribution in [3.8, 4) is 0 Å².